The molecule has 0 bridgehead atoms. The number of pyridine rings is 2. The summed E-state index contributed by atoms with van der Waals surface area (Å²) in [5, 5.41) is 4.66. The highest BCUT2D eigenvalue weighted by molar-refractivity contribution is 6.07. The Bertz CT molecular complexity index is 1130. The zero-order valence-electron chi connectivity index (χ0n) is 15.3. The molecule has 1 aliphatic carbocycles. The summed E-state index contributed by atoms with van der Waals surface area (Å²) in [5.74, 6) is 0.507. The number of amides is 1. The molecule has 0 aliphatic heterocycles. The summed E-state index contributed by atoms with van der Waals surface area (Å²) >= 11 is 0. The Labute approximate surface area is 161 Å². The minimum atomic E-state index is -0.0698. The molecule has 1 aliphatic rings. The maximum absolute atomic E-state index is 13.6. The van der Waals surface area contributed by atoms with Crippen molar-refractivity contribution in [2.24, 2.45) is 0 Å². The number of fused-ring (bicyclic) bond motifs is 1. The van der Waals surface area contributed by atoms with Crippen molar-refractivity contribution in [2.45, 2.75) is 32.4 Å². The molecule has 7 nitrogen and oxygen atoms in total. The SMILES string of the molecule is Cc1noc2nc(-c3ccco3)cc(C(=O)N(Cc3ccccn3)C3CC3)c12. The Kier molecular flexibility index (Phi) is 3.93. The molecule has 0 saturated heterocycles. The summed E-state index contributed by atoms with van der Waals surface area (Å²) in [6.45, 7) is 2.28. The number of furan rings is 1. The molecule has 1 saturated carbocycles. The Balaban J connectivity index is 1.60. The quantitative estimate of drug-likeness (QED) is 0.525. The van der Waals surface area contributed by atoms with Crippen LogP contribution in [0.4, 0.5) is 0 Å². The molecular formula is C21H18N4O3. The van der Waals surface area contributed by atoms with E-state index in [4.69, 9.17) is 8.94 Å². The topological polar surface area (TPSA) is 85.3 Å². The molecule has 1 fully saturated rings. The first-order valence-electron chi connectivity index (χ1n) is 9.22. The zero-order valence-corrected chi connectivity index (χ0v) is 15.3. The Morgan fingerprint density at radius 3 is 2.86 bits per heavy atom. The number of rotatable bonds is 5. The Hall–Kier alpha value is -3.48. The van der Waals surface area contributed by atoms with Crippen LogP contribution in [0.5, 0.6) is 0 Å². The molecule has 0 radical (unpaired) electrons. The van der Waals surface area contributed by atoms with Gasteiger partial charge >= 0.3 is 0 Å². The van der Waals surface area contributed by atoms with Gasteiger partial charge in [0.05, 0.1) is 35.1 Å². The van der Waals surface area contributed by atoms with Gasteiger partial charge in [0, 0.05) is 12.2 Å². The molecule has 28 heavy (non-hydrogen) atoms. The van der Waals surface area contributed by atoms with Gasteiger partial charge < -0.3 is 13.8 Å². The van der Waals surface area contributed by atoms with Crippen LogP contribution in [-0.4, -0.2) is 32.0 Å². The molecule has 0 aromatic carbocycles. The first-order chi connectivity index (χ1) is 13.7. The van der Waals surface area contributed by atoms with Gasteiger partial charge in [-0.05, 0) is 50.1 Å². The van der Waals surface area contributed by atoms with E-state index in [9.17, 15) is 4.79 Å². The maximum Gasteiger partial charge on any atom is 0.259 e. The first-order valence-corrected chi connectivity index (χ1v) is 9.22. The van der Waals surface area contributed by atoms with Crippen LogP contribution in [0.15, 0.2) is 57.8 Å². The standard InChI is InChI=1S/C21H18N4O3/c1-13-19-16(11-17(18-6-4-10-27-18)23-20(19)28-24-13)21(26)25(15-7-8-15)12-14-5-2-3-9-22-14/h2-6,9-11,15H,7-8,12H2,1H3. The second kappa shape index (κ2) is 6.60. The lowest BCUT2D eigenvalue weighted by atomic mass is 10.1. The van der Waals surface area contributed by atoms with Crippen molar-refractivity contribution >= 4 is 17.0 Å². The highest BCUT2D eigenvalue weighted by Gasteiger charge is 2.35. The highest BCUT2D eigenvalue weighted by atomic mass is 16.5. The van der Waals surface area contributed by atoms with E-state index < -0.39 is 0 Å². The summed E-state index contributed by atoms with van der Waals surface area (Å²) in [6.07, 6.45) is 5.32. The molecule has 4 heterocycles. The number of carbonyl (C=O) groups excluding carboxylic acids is 1. The van der Waals surface area contributed by atoms with Crippen LogP contribution >= 0.6 is 0 Å². The number of aryl methyl sites for hydroxylation is 1. The molecule has 7 heteroatoms. The molecule has 0 unspecified atom stereocenters. The number of nitrogens with zero attached hydrogens (tertiary/aromatic N) is 4. The average molecular weight is 374 g/mol. The smallest absolute Gasteiger partial charge is 0.259 e. The van der Waals surface area contributed by atoms with Gasteiger partial charge in [0.2, 0.25) is 0 Å². The van der Waals surface area contributed by atoms with E-state index in [1.165, 1.54) is 0 Å². The lowest BCUT2D eigenvalue weighted by Crippen LogP contribution is -2.33. The largest absolute Gasteiger partial charge is 0.463 e. The van der Waals surface area contributed by atoms with Crippen LogP contribution in [0.3, 0.4) is 0 Å². The van der Waals surface area contributed by atoms with Crippen LogP contribution in [0, 0.1) is 6.92 Å². The van der Waals surface area contributed by atoms with Crippen molar-refractivity contribution in [1.29, 1.82) is 0 Å². The molecular weight excluding hydrogens is 356 g/mol. The van der Waals surface area contributed by atoms with Crippen molar-refractivity contribution in [3.05, 3.63) is 65.8 Å². The fourth-order valence-electron chi connectivity index (χ4n) is 3.39. The van der Waals surface area contributed by atoms with Gasteiger partial charge in [-0.1, -0.05) is 11.2 Å². The number of carbonyl (C=O) groups is 1. The molecule has 140 valence electrons. The zero-order chi connectivity index (χ0) is 19.1. The van der Waals surface area contributed by atoms with Crippen LogP contribution in [0.25, 0.3) is 22.6 Å². The molecule has 4 aromatic heterocycles. The fourth-order valence-corrected chi connectivity index (χ4v) is 3.39. The fraction of sp³-hybridized carbons (Fsp3) is 0.238. The minimum absolute atomic E-state index is 0.0698. The van der Waals surface area contributed by atoms with Gasteiger partial charge in [0.15, 0.2) is 5.76 Å². The predicted octanol–water partition coefficient (Wildman–Crippen LogP) is 3.99. The lowest BCUT2D eigenvalue weighted by molar-refractivity contribution is 0.0729. The molecule has 0 atom stereocenters. The van der Waals surface area contributed by atoms with Gasteiger partial charge in [-0.2, -0.15) is 0 Å². The van der Waals surface area contributed by atoms with Crippen LogP contribution < -0.4 is 0 Å². The van der Waals surface area contributed by atoms with E-state index in [1.54, 1.807) is 30.7 Å². The van der Waals surface area contributed by atoms with Gasteiger partial charge in [0.1, 0.15) is 5.69 Å². The third-order valence-electron chi connectivity index (χ3n) is 4.93. The Morgan fingerprint density at radius 1 is 1.25 bits per heavy atom. The lowest BCUT2D eigenvalue weighted by Gasteiger charge is -2.22. The van der Waals surface area contributed by atoms with E-state index in [2.05, 4.69) is 15.1 Å². The molecule has 0 spiro atoms. The maximum atomic E-state index is 13.6. The number of aromatic nitrogens is 3. The van der Waals surface area contributed by atoms with Crippen LogP contribution in [-0.2, 0) is 6.54 Å². The van der Waals surface area contributed by atoms with E-state index in [0.717, 1.165) is 18.5 Å². The van der Waals surface area contributed by atoms with Crippen LogP contribution in [0.1, 0.15) is 34.6 Å². The van der Waals surface area contributed by atoms with Gasteiger partial charge in [0.25, 0.3) is 11.6 Å². The summed E-state index contributed by atoms with van der Waals surface area (Å²) < 4.78 is 10.8. The average Bonchev–Trinajstić information content (AvgIpc) is 3.27. The molecule has 4 aromatic rings. The van der Waals surface area contributed by atoms with E-state index in [1.807, 2.05) is 30.0 Å². The van der Waals surface area contributed by atoms with E-state index in [-0.39, 0.29) is 11.9 Å². The second-order valence-electron chi connectivity index (χ2n) is 6.97. The monoisotopic (exact) mass is 374 g/mol. The molecule has 0 N–H and O–H groups in total. The first kappa shape index (κ1) is 16.7. The van der Waals surface area contributed by atoms with E-state index in [0.29, 0.717) is 40.4 Å². The minimum Gasteiger partial charge on any atom is -0.463 e. The summed E-state index contributed by atoms with van der Waals surface area (Å²) in [5.41, 5.74) is 2.92. The van der Waals surface area contributed by atoms with E-state index >= 15 is 0 Å². The van der Waals surface area contributed by atoms with Crippen LogP contribution in [0.2, 0.25) is 0 Å². The van der Waals surface area contributed by atoms with Gasteiger partial charge in [-0.15, -0.1) is 0 Å². The van der Waals surface area contributed by atoms with Gasteiger partial charge in [-0.25, -0.2) is 4.98 Å². The van der Waals surface area contributed by atoms with Crippen molar-refractivity contribution in [3.8, 4) is 11.5 Å². The predicted molar refractivity (Wildman–Crippen MR) is 101 cm³/mol. The van der Waals surface area contributed by atoms with Crippen molar-refractivity contribution in [1.82, 2.24) is 20.0 Å². The number of hydrogen-bond acceptors (Lipinski definition) is 6. The summed E-state index contributed by atoms with van der Waals surface area (Å²) in [4.78, 5) is 24.3. The van der Waals surface area contributed by atoms with Crippen molar-refractivity contribution in [2.75, 3.05) is 0 Å². The number of hydrogen-bond donors (Lipinski definition) is 0. The van der Waals surface area contributed by atoms with Gasteiger partial charge in [-0.3, -0.25) is 9.78 Å². The summed E-state index contributed by atoms with van der Waals surface area (Å²) in [7, 11) is 0. The summed E-state index contributed by atoms with van der Waals surface area (Å²) in [6, 6.07) is 11.3. The molecule has 5 rings (SSSR count). The van der Waals surface area contributed by atoms with Crippen molar-refractivity contribution < 1.29 is 13.7 Å². The normalized spacial score (nSPS) is 13.8. The molecule has 1 amide bonds. The third kappa shape index (κ3) is 2.94. The Morgan fingerprint density at radius 2 is 2.14 bits per heavy atom. The van der Waals surface area contributed by atoms with Crippen molar-refractivity contribution in [3.63, 3.8) is 0 Å². The second-order valence-corrected chi connectivity index (χ2v) is 6.97. The highest BCUT2D eigenvalue weighted by Crippen LogP contribution is 2.33. The third-order valence-corrected chi connectivity index (χ3v) is 4.93.